The maximum Gasteiger partial charge on any atom is 0.321 e. The quantitative estimate of drug-likeness (QED) is 0.664. The molecule has 1 aromatic rings. The first kappa shape index (κ1) is 17.0. The van der Waals surface area contributed by atoms with E-state index in [4.69, 9.17) is 4.74 Å². The van der Waals surface area contributed by atoms with E-state index in [1.54, 1.807) is 13.0 Å². The van der Waals surface area contributed by atoms with E-state index in [9.17, 15) is 9.59 Å². The van der Waals surface area contributed by atoms with Crippen LogP contribution < -0.4 is 20.7 Å². The molecule has 3 amide bonds. The van der Waals surface area contributed by atoms with Crippen molar-refractivity contribution in [1.29, 1.82) is 0 Å². The van der Waals surface area contributed by atoms with E-state index in [2.05, 4.69) is 22.9 Å². The van der Waals surface area contributed by atoms with Gasteiger partial charge in [-0.1, -0.05) is 19.1 Å². The number of carbonyl (C=O) groups is 2. The second-order valence-electron chi connectivity index (χ2n) is 4.65. The molecule has 6 heteroatoms. The van der Waals surface area contributed by atoms with Crippen molar-refractivity contribution in [1.82, 2.24) is 16.0 Å². The van der Waals surface area contributed by atoms with Gasteiger partial charge in [-0.2, -0.15) is 0 Å². The predicted molar refractivity (Wildman–Crippen MR) is 81.1 cm³/mol. The normalized spacial score (nSPS) is 11.6. The fraction of sp³-hybridized carbons (Fsp3) is 0.467. The van der Waals surface area contributed by atoms with Gasteiger partial charge in [-0.25, -0.2) is 4.79 Å². The Kier molecular flexibility index (Phi) is 7.25. The Bertz CT molecular complexity index is 477. The van der Waals surface area contributed by atoms with Gasteiger partial charge in [-0.05, 0) is 37.6 Å². The monoisotopic (exact) mass is 293 g/mol. The lowest BCUT2D eigenvalue weighted by Gasteiger charge is -2.14. The molecule has 0 aromatic heterocycles. The number of amides is 3. The third-order valence-corrected chi connectivity index (χ3v) is 2.80. The summed E-state index contributed by atoms with van der Waals surface area (Å²) < 4.78 is 5.55. The first-order chi connectivity index (χ1) is 10.1. The van der Waals surface area contributed by atoms with Gasteiger partial charge in [0, 0.05) is 13.6 Å². The van der Waals surface area contributed by atoms with Crippen molar-refractivity contribution in [3.8, 4) is 5.75 Å². The van der Waals surface area contributed by atoms with Crippen LogP contribution in [-0.2, 0) is 11.3 Å². The summed E-state index contributed by atoms with van der Waals surface area (Å²) in [5.74, 6) is 0.120. The van der Waals surface area contributed by atoms with Crippen LogP contribution in [0.25, 0.3) is 0 Å². The Hall–Kier alpha value is -2.08. The van der Waals surface area contributed by atoms with E-state index in [1.165, 1.54) is 7.05 Å². The van der Waals surface area contributed by atoms with Crippen LogP contribution in [0.3, 0.4) is 0 Å². The van der Waals surface area contributed by atoms with Gasteiger partial charge in [0.15, 0.2) is 6.10 Å². The van der Waals surface area contributed by atoms with Crippen LogP contribution >= 0.6 is 0 Å². The number of nitrogens with one attached hydrogen (secondary N) is 3. The van der Waals surface area contributed by atoms with Crippen molar-refractivity contribution < 1.29 is 14.3 Å². The lowest BCUT2D eigenvalue weighted by atomic mass is 10.2. The molecule has 1 unspecified atom stereocenters. The molecule has 116 valence electrons. The molecule has 0 spiro atoms. The average Bonchev–Trinajstić information content (AvgIpc) is 2.47. The standard InChI is InChI=1S/C15H23N3O3/c1-4-8-17-10-12-6-5-7-13(9-12)21-11(2)14(19)18-15(20)16-3/h5-7,9,11,17H,4,8,10H2,1-3H3,(H2,16,18,19,20). The number of benzene rings is 1. The second kappa shape index (κ2) is 8.97. The molecule has 0 radical (unpaired) electrons. The molecule has 0 heterocycles. The lowest BCUT2D eigenvalue weighted by Crippen LogP contribution is -2.43. The molecular formula is C15H23N3O3. The Morgan fingerprint density at radius 2 is 2.10 bits per heavy atom. The van der Waals surface area contributed by atoms with Gasteiger partial charge >= 0.3 is 6.03 Å². The highest BCUT2D eigenvalue weighted by Crippen LogP contribution is 2.15. The number of hydrogen-bond donors (Lipinski definition) is 3. The van der Waals surface area contributed by atoms with E-state index in [1.807, 2.05) is 18.2 Å². The van der Waals surface area contributed by atoms with Crippen molar-refractivity contribution in [2.45, 2.75) is 32.9 Å². The zero-order valence-corrected chi connectivity index (χ0v) is 12.7. The molecule has 0 aliphatic carbocycles. The van der Waals surface area contributed by atoms with Crippen LogP contribution in [0.1, 0.15) is 25.8 Å². The maximum absolute atomic E-state index is 11.7. The Morgan fingerprint density at radius 3 is 2.76 bits per heavy atom. The van der Waals surface area contributed by atoms with E-state index in [-0.39, 0.29) is 0 Å². The summed E-state index contributed by atoms with van der Waals surface area (Å²) in [6.07, 6.45) is 0.327. The zero-order chi connectivity index (χ0) is 15.7. The topological polar surface area (TPSA) is 79.5 Å². The van der Waals surface area contributed by atoms with Crippen LogP contribution in [0, 0.1) is 0 Å². The largest absolute Gasteiger partial charge is 0.481 e. The molecule has 0 fully saturated rings. The fourth-order valence-electron chi connectivity index (χ4n) is 1.67. The molecule has 1 atom stereocenters. The fourth-order valence-corrected chi connectivity index (χ4v) is 1.67. The molecule has 6 nitrogen and oxygen atoms in total. The minimum absolute atomic E-state index is 0.483. The van der Waals surface area contributed by atoms with Crippen LogP contribution in [0.4, 0.5) is 4.79 Å². The van der Waals surface area contributed by atoms with Crippen LogP contribution in [0.15, 0.2) is 24.3 Å². The molecule has 0 bridgehead atoms. The molecule has 0 aliphatic heterocycles. The zero-order valence-electron chi connectivity index (χ0n) is 12.7. The Morgan fingerprint density at radius 1 is 1.33 bits per heavy atom. The molecular weight excluding hydrogens is 270 g/mol. The van der Waals surface area contributed by atoms with Crippen molar-refractivity contribution in [3.63, 3.8) is 0 Å². The van der Waals surface area contributed by atoms with E-state index in [0.717, 1.165) is 25.1 Å². The minimum Gasteiger partial charge on any atom is -0.481 e. The van der Waals surface area contributed by atoms with E-state index >= 15 is 0 Å². The molecule has 21 heavy (non-hydrogen) atoms. The smallest absolute Gasteiger partial charge is 0.321 e. The van der Waals surface area contributed by atoms with Crippen LogP contribution in [0.5, 0.6) is 5.75 Å². The lowest BCUT2D eigenvalue weighted by molar-refractivity contribution is -0.126. The number of ether oxygens (including phenoxy) is 1. The highest BCUT2D eigenvalue weighted by molar-refractivity contribution is 5.96. The number of rotatable bonds is 7. The first-order valence-electron chi connectivity index (χ1n) is 7.05. The average molecular weight is 293 g/mol. The number of urea groups is 1. The van der Waals surface area contributed by atoms with Crippen LogP contribution in [0.2, 0.25) is 0 Å². The summed E-state index contributed by atoms with van der Waals surface area (Å²) in [6.45, 7) is 5.42. The predicted octanol–water partition coefficient (Wildman–Crippen LogP) is 1.41. The van der Waals surface area contributed by atoms with E-state index in [0.29, 0.717) is 5.75 Å². The Balaban J connectivity index is 2.55. The summed E-state index contributed by atoms with van der Waals surface area (Å²) in [4.78, 5) is 22.8. The van der Waals surface area contributed by atoms with Gasteiger partial charge in [-0.3, -0.25) is 10.1 Å². The molecule has 1 aromatic carbocycles. The van der Waals surface area contributed by atoms with Crippen molar-refractivity contribution in [3.05, 3.63) is 29.8 Å². The molecule has 3 N–H and O–H groups in total. The van der Waals surface area contributed by atoms with Gasteiger partial charge in [0.1, 0.15) is 5.75 Å². The minimum atomic E-state index is -0.749. The summed E-state index contributed by atoms with van der Waals surface area (Å²) >= 11 is 0. The SMILES string of the molecule is CCCNCc1cccc(OC(C)C(=O)NC(=O)NC)c1. The van der Waals surface area contributed by atoms with Gasteiger partial charge in [0.05, 0.1) is 0 Å². The van der Waals surface area contributed by atoms with Crippen molar-refractivity contribution in [2.75, 3.05) is 13.6 Å². The van der Waals surface area contributed by atoms with Crippen molar-refractivity contribution in [2.24, 2.45) is 0 Å². The summed E-state index contributed by atoms with van der Waals surface area (Å²) in [5, 5.41) is 7.80. The summed E-state index contributed by atoms with van der Waals surface area (Å²) in [6, 6.07) is 6.99. The molecule has 1 rings (SSSR count). The molecule has 0 aliphatic rings. The number of imide groups is 1. The Labute approximate surface area is 125 Å². The third-order valence-electron chi connectivity index (χ3n) is 2.80. The number of carbonyl (C=O) groups excluding carboxylic acids is 2. The molecule has 0 saturated heterocycles. The van der Waals surface area contributed by atoms with Crippen LogP contribution in [-0.4, -0.2) is 31.6 Å². The van der Waals surface area contributed by atoms with Gasteiger partial charge < -0.3 is 15.4 Å². The molecule has 0 saturated carbocycles. The first-order valence-corrected chi connectivity index (χ1v) is 7.05. The van der Waals surface area contributed by atoms with E-state index < -0.39 is 18.0 Å². The second-order valence-corrected chi connectivity index (χ2v) is 4.65. The summed E-state index contributed by atoms with van der Waals surface area (Å²) in [5.41, 5.74) is 1.08. The maximum atomic E-state index is 11.7. The van der Waals surface area contributed by atoms with Gasteiger partial charge in [0.25, 0.3) is 5.91 Å². The van der Waals surface area contributed by atoms with Gasteiger partial charge in [0.2, 0.25) is 0 Å². The highest BCUT2D eigenvalue weighted by Gasteiger charge is 2.16. The van der Waals surface area contributed by atoms with Crippen molar-refractivity contribution >= 4 is 11.9 Å². The highest BCUT2D eigenvalue weighted by atomic mass is 16.5. The summed E-state index contributed by atoms with van der Waals surface area (Å²) in [7, 11) is 1.45. The third kappa shape index (κ3) is 6.27. The number of hydrogen-bond acceptors (Lipinski definition) is 4. The van der Waals surface area contributed by atoms with Gasteiger partial charge in [-0.15, -0.1) is 0 Å².